The van der Waals surface area contributed by atoms with Crippen LogP contribution in [0, 0.1) is 0 Å². The number of nitrogens with one attached hydrogen (secondary N) is 1. The van der Waals surface area contributed by atoms with Crippen LogP contribution in [0.3, 0.4) is 0 Å². The summed E-state index contributed by atoms with van der Waals surface area (Å²) >= 11 is 2.05. The van der Waals surface area contributed by atoms with Crippen molar-refractivity contribution in [1.29, 1.82) is 0 Å². The van der Waals surface area contributed by atoms with E-state index in [0.29, 0.717) is 0 Å². The molecule has 0 aliphatic carbocycles. The fourth-order valence-electron chi connectivity index (χ4n) is 1.78. The predicted molar refractivity (Wildman–Crippen MR) is 68.8 cm³/mol. The van der Waals surface area contributed by atoms with E-state index in [9.17, 15) is 0 Å². The van der Waals surface area contributed by atoms with E-state index in [1.807, 2.05) is 0 Å². The van der Waals surface area contributed by atoms with Gasteiger partial charge in [0.05, 0.1) is 0 Å². The molecular weight excluding hydrogens is 216 g/mol. The summed E-state index contributed by atoms with van der Waals surface area (Å²) in [5, 5.41) is 3.36. The van der Waals surface area contributed by atoms with Crippen molar-refractivity contribution < 1.29 is 0 Å². The van der Waals surface area contributed by atoms with Crippen LogP contribution in [-0.4, -0.2) is 49.1 Å². The van der Waals surface area contributed by atoms with Crippen molar-refractivity contribution in [1.82, 2.24) is 10.2 Å². The molecule has 14 heavy (non-hydrogen) atoms. The summed E-state index contributed by atoms with van der Waals surface area (Å²) < 4.78 is 0. The maximum Gasteiger partial charge on any atom is 0.00884 e. The summed E-state index contributed by atoms with van der Waals surface area (Å²) in [5.74, 6) is 2.56. The first kappa shape index (κ1) is 14.6. The van der Waals surface area contributed by atoms with Gasteiger partial charge in [0.1, 0.15) is 0 Å². The Hall–Kier alpha value is 0.560. The lowest BCUT2D eigenvalue weighted by atomic mass is 10.1. The smallest absolute Gasteiger partial charge is 0.00884 e. The quantitative estimate of drug-likeness (QED) is 0.736. The Morgan fingerprint density at radius 2 is 2.00 bits per heavy atom. The molecule has 0 unspecified atom stereocenters. The normalized spacial score (nSPS) is 19.3. The number of rotatable bonds is 5. The average Bonchev–Trinajstić information content (AvgIpc) is 2.19. The predicted octanol–water partition coefficient (Wildman–Crippen LogP) is 1.85. The first-order valence-electron chi connectivity index (χ1n) is 5.34. The molecule has 1 heterocycles. The minimum Gasteiger partial charge on any atom is -0.317 e. The molecule has 1 rings (SSSR count). The summed E-state index contributed by atoms with van der Waals surface area (Å²) in [6.45, 7) is 6.10. The fraction of sp³-hybridized carbons (Fsp3) is 1.00. The fourth-order valence-corrected chi connectivity index (χ4v) is 2.46. The van der Waals surface area contributed by atoms with E-state index in [-0.39, 0.29) is 12.4 Å². The molecule has 1 aliphatic heterocycles. The largest absolute Gasteiger partial charge is 0.317 e. The first-order valence-corrected chi connectivity index (χ1v) is 6.49. The number of nitrogens with zero attached hydrogens (tertiary/aromatic N) is 1. The molecule has 0 atom stereocenters. The van der Waals surface area contributed by atoms with Gasteiger partial charge in [-0.2, -0.15) is 11.8 Å². The van der Waals surface area contributed by atoms with Crippen molar-refractivity contribution >= 4 is 24.2 Å². The van der Waals surface area contributed by atoms with Crippen molar-refractivity contribution in [3.63, 3.8) is 0 Å². The standard InChI is InChI=1S/C10H22N2S.ClH/c1-3-13-9-8-12-6-4-10(11-2)5-7-12;/h10-11H,3-9H2,1-2H3;1H. The Morgan fingerprint density at radius 1 is 1.36 bits per heavy atom. The molecule has 0 saturated carbocycles. The highest BCUT2D eigenvalue weighted by Gasteiger charge is 2.16. The summed E-state index contributed by atoms with van der Waals surface area (Å²) in [6.07, 6.45) is 2.65. The van der Waals surface area contributed by atoms with Crippen molar-refractivity contribution in [3.05, 3.63) is 0 Å². The van der Waals surface area contributed by atoms with Crippen LogP contribution in [0.1, 0.15) is 19.8 Å². The number of piperidine rings is 1. The topological polar surface area (TPSA) is 15.3 Å². The number of halogens is 1. The first-order chi connectivity index (χ1) is 6.36. The van der Waals surface area contributed by atoms with Gasteiger partial charge < -0.3 is 10.2 Å². The van der Waals surface area contributed by atoms with Gasteiger partial charge in [-0.15, -0.1) is 12.4 Å². The maximum atomic E-state index is 3.36. The van der Waals surface area contributed by atoms with Crippen LogP contribution in [0.5, 0.6) is 0 Å². The van der Waals surface area contributed by atoms with Gasteiger partial charge in [-0.25, -0.2) is 0 Å². The zero-order valence-corrected chi connectivity index (χ0v) is 10.9. The molecule has 86 valence electrons. The Morgan fingerprint density at radius 3 is 2.50 bits per heavy atom. The minimum atomic E-state index is 0. The SMILES string of the molecule is CCSCCN1CCC(NC)CC1.Cl. The number of thioether (sulfide) groups is 1. The lowest BCUT2D eigenvalue weighted by Crippen LogP contribution is -2.41. The second kappa shape index (κ2) is 8.84. The number of likely N-dealkylation sites (tertiary alicyclic amines) is 1. The van der Waals surface area contributed by atoms with Gasteiger partial charge in [0.25, 0.3) is 0 Å². The van der Waals surface area contributed by atoms with Crippen LogP contribution < -0.4 is 5.32 Å². The summed E-state index contributed by atoms with van der Waals surface area (Å²) in [6, 6.07) is 0.773. The van der Waals surface area contributed by atoms with Gasteiger partial charge in [0.15, 0.2) is 0 Å². The van der Waals surface area contributed by atoms with Crippen molar-refractivity contribution in [2.45, 2.75) is 25.8 Å². The molecule has 0 radical (unpaired) electrons. The minimum absolute atomic E-state index is 0. The lowest BCUT2D eigenvalue weighted by molar-refractivity contribution is 0.212. The molecule has 0 spiro atoms. The molecule has 0 bridgehead atoms. The zero-order chi connectivity index (χ0) is 9.52. The monoisotopic (exact) mass is 238 g/mol. The third-order valence-corrected chi connectivity index (χ3v) is 3.63. The Balaban J connectivity index is 0.00000169. The van der Waals surface area contributed by atoms with Crippen LogP contribution in [0.25, 0.3) is 0 Å². The van der Waals surface area contributed by atoms with E-state index in [1.165, 1.54) is 44.0 Å². The van der Waals surface area contributed by atoms with E-state index in [4.69, 9.17) is 0 Å². The Bertz CT molecular complexity index is 125. The molecule has 0 amide bonds. The summed E-state index contributed by atoms with van der Waals surface area (Å²) in [5.41, 5.74) is 0. The molecular formula is C10H23ClN2S. The Labute approximate surface area is 98.6 Å². The Kier molecular flexibility index (Phi) is 9.19. The van der Waals surface area contributed by atoms with E-state index < -0.39 is 0 Å². The molecule has 1 aliphatic rings. The van der Waals surface area contributed by atoms with E-state index in [1.54, 1.807) is 0 Å². The van der Waals surface area contributed by atoms with Crippen LogP contribution in [0.4, 0.5) is 0 Å². The van der Waals surface area contributed by atoms with E-state index >= 15 is 0 Å². The molecule has 1 N–H and O–H groups in total. The highest BCUT2D eigenvalue weighted by molar-refractivity contribution is 7.99. The van der Waals surface area contributed by atoms with Crippen LogP contribution in [0.15, 0.2) is 0 Å². The molecule has 2 nitrogen and oxygen atoms in total. The molecule has 4 heteroatoms. The van der Waals surface area contributed by atoms with Crippen LogP contribution in [0.2, 0.25) is 0 Å². The van der Waals surface area contributed by atoms with Gasteiger partial charge in [-0.1, -0.05) is 6.92 Å². The van der Waals surface area contributed by atoms with Crippen molar-refractivity contribution in [2.75, 3.05) is 38.2 Å². The lowest BCUT2D eigenvalue weighted by Gasteiger charge is -2.31. The van der Waals surface area contributed by atoms with Gasteiger partial charge in [0, 0.05) is 18.3 Å². The van der Waals surface area contributed by atoms with Gasteiger partial charge >= 0.3 is 0 Å². The van der Waals surface area contributed by atoms with Crippen LogP contribution in [-0.2, 0) is 0 Å². The molecule has 1 fully saturated rings. The van der Waals surface area contributed by atoms with Crippen LogP contribution >= 0.6 is 24.2 Å². The summed E-state index contributed by atoms with van der Waals surface area (Å²) in [7, 11) is 2.08. The van der Waals surface area contributed by atoms with Gasteiger partial charge in [-0.05, 0) is 38.7 Å². The third kappa shape index (κ3) is 5.44. The second-order valence-corrected chi connectivity index (χ2v) is 5.00. The third-order valence-electron chi connectivity index (χ3n) is 2.75. The zero-order valence-electron chi connectivity index (χ0n) is 9.29. The van der Waals surface area contributed by atoms with Crippen molar-refractivity contribution in [3.8, 4) is 0 Å². The van der Waals surface area contributed by atoms with Gasteiger partial charge in [-0.3, -0.25) is 0 Å². The number of hydrogen-bond donors (Lipinski definition) is 1. The number of hydrogen-bond acceptors (Lipinski definition) is 3. The van der Waals surface area contributed by atoms with Gasteiger partial charge in [0.2, 0.25) is 0 Å². The molecule has 1 saturated heterocycles. The molecule has 0 aromatic carbocycles. The van der Waals surface area contributed by atoms with E-state index in [0.717, 1.165) is 6.04 Å². The maximum absolute atomic E-state index is 3.36. The van der Waals surface area contributed by atoms with Crippen molar-refractivity contribution in [2.24, 2.45) is 0 Å². The highest BCUT2D eigenvalue weighted by Crippen LogP contribution is 2.10. The molecule has 0 aromatic rings. The second-order valence-electron chi connectivity index (χ2n) is 3.60. The van der Waals surface area contributed by atoms with E-state index in [2.05, 4.69) is 35.9 Å². The highest BCUT2D eigenvalue weighted by atomic mass is 35.5. The molecule has 0 aromatic heterocycles. The summed E-state index contributed by atoms with van der Waals surface area (Å²) in [4.78, 5) is 2.59. The average molecular weight is 239 g/mol.